The van der Waals surface area contributed by atoms with Gasteiger partial charge in [0.1, 0.15) is 17.0 Å². The fourth-order valence-electron chi connectivity index (χ4n) is 3.53. The molecule has 0 radical (unpaired) electrons. The van der Waals surface area contributed by atoms with Gasteiger partial charge in [-0.1, -0.05) is 0 Å². The molecule has 1 aromatic carbocycles. The molecule has 0 aliphatic carbocycles. The number of nitrogens with one attached hydrogen (secondary N) is 2. The topological polar surface area (TPSA) is 100 Å². The number of rotatable bonds is 3. The van der Waals surface area contributed by atoms with Crippen LogP contribution in [0, 0.1) is 0 Å². The number of aromatic hydroxyl groups is 1. The number of fused-ring (bicyclic) bond motifs is 1. The standard InChI is InChI=1S/C20H18F3N5O2/c1-19(6-2-7-25-18(19)30)26-17-14-10-24-8-5-12(14)16(27-28-17)13-4-3-11(9-15(13)29)20(21,22)23/h3-5,8-10,29H,2,6-7H2,1H3,(H,25,30)(H,26,28)/t19-/m1/s1. The van der Waals surface area contributed by atoms with Crippen LogP contribution in [0.2, 0.25) is 0 Å². The van der Waals surface area contributed by atoms with Crippen LogP contribution in [0.4, 0.5) is 19.0 Å². The van der Waals surface area contributed by atoms with Crippen molar-refractivity contribution in [3.8, 4) is 17.0 Å². The van der Waals surface area contributed by atoms with E-state index in [0.717, 1.165) is 18.6 Å². The van der Waals surface area contributed by atoms with Crippen LogP contribution in [-0.2, 0) is 11.0 Å². The minimum Gasteiger partial charge on any atom is -0.507 e. The Morgan fingerprint density at radius 2 is 2.00 bits per heavy atom. The van der Waals surface area contributed by atoms with Crippen molar-refractivity contribution in [3.05, 3.63) is 42.2 Å². The number of aromatic nitrogens is 3. The van der Waals surface area contributed by atoms with Crippen molar-refractivity contribution in [2.45, 2.75) is 31.5 Å². The minimum atomic E-state index is -4.57. The van der Waals surface area contributed by atoms with Crippen LogP contribution in [0.25, 0.3) is 22.0 Å². The van der Waals surface area contributed by atoms with Gasteiger partial charge in [-0.05, 0) is 44.0 Å². The molecule has 1 fully saturated rings. The molecule has 156 valence electrons. The zero-order valence-electron chi connectivity index (χ0n) is 15.9. The molecule has 0 saturated carbocycles. The maximum Gasteiger partial charge on any atom is 0.416 e. The van der Waals surface area contributed by atoms with E-state index in [4.69, 9.17) is 0 Å². The summed E-state index contributed by atoms with van der Waals surface area (Å²) < 4.78 is 38.7. The summed E-state index contributed by atoms with van der Waals surface area (Å²) in [5.74, 6) is -0.388. The first-order valence-electron chi connectivity index (χ1n) is 9.26. The normalized spacial score (nSPS) is 19.5. The second-order valence-electron chi connectivity index (χ2n) is 7.36. The molecule has 3 N–H and O–H groups in total. The summed E-state index contributed by atoms with van der Waals surface area (Å²) in [6.45, 7) is 2.37. The van der Waals surface area contributed by atoms with Gasteiger partial charge in [0.05, 0.1) is 5.56 Å². The molecule has 1 atom stereocenters. The van der Waals surface area contributed by atoms with Crippen molar-refractivity contribution in [1.29, 1.82) is 0 Å². The van der Waals surface area contributed by atoms with E-state index in [0.29, 0.717) is 35.6 Å². The largest absolute Gasteiger partial charge is 0.507 e. The summed E-state index contributed by atoms with van der Waals surface area (Å²) in [5, 5.41) is 25.5. The van der Waals surface area contributed by atoms with E-state index in [1.807, 2.05) is 0 Å². The van der Waals surface area contributed by atoms with Gasteiger partial charge in [0, 0.05) is 35.3 Å². The zero-order chi connectivity index (χ0) is 21.5. The molecule has 2 aromatic heterocycles. The third-order valence-electron chi connectivity index (χ3n) is 5.20. The smallest absolute Gasteiger partial charge is 0.416 e. The lowest BCUT2D eigenvalue weighted by Gasteiger charge is -2.33. The molecule has 0 spiro atoms. The number of nitrogens with zero attached hydrogens (tertiary/aromatic N) is 3. The number of amides is 1. The molecule has 3 aromatic rings. The highest BCUT2D eigenvalue weighted by molar-refractivity contribution is 6.01. The fourth-order valence-corrected chi connectivity index (χ4v) is 3.53. The molecule has 1 aliphatic rings. The first kappa shape index (κ1) is 19.9. The van der Waals surface area contributed by atoms with E-state index in [2.05, 4.69) is 25.8 Å². The number of halogens is 3. The highest BCUT2D eigenvalue weighted by Crippen LogP contribution is 2.39. The Morgan fingerprint density at radius 3 is 2.70 bits per heavy atom. The number of hydrogen-bond donors (Lipinski definition) is 3. The lowest BCUT2D eigenvalue weighted by atomic mass is 9.91. The third kappa shape index (κ3) is 3.49. The van der Waals surface area contributed by atoms with Gasteiger partial charge in [0.25, 0.3) is 0 Å². The van der Waals surface area contributed by atoms with E-state index in [1.165, 1.54) is 12.4 Å². The quantitative estimate of drug-likeness (QED) is 0.603. The van der Waals surface area contributed by atoms with Gasteiger partial charge in [-0.15, -0.1) is 10.2 Å². The fraction of sp³-hybridized carbons (Fsp3) is 0.300. The third-order valence-corrected chi connectivity index (χ3v) is 5.20. The molecule has 30 heavy (non-hydrogen) atoms. The van der Waals surface area contributed by atoms with Crippen LogP contribution >= 0.6 is 0 Å². The molecule has 1 amide bonds. The number of pyridine rings is 1. The molecule has 4 rings (SSSR count). The van der Waals surface area contributed by atoms with Crippen molar-refractivity contribution in [1.82, 2.24) is 20.5 Å². The number of phenols is 1. The first-order chi connectivity index (χ1) is 14.2. The molecule has 10 heteroatoms. The molecule has 1 aliphatic heterocycles. The zero-order valence-corrected chi connectivity index (χ0v) is 15.9. The summed E-state index contributed by atoms with van der Waals surface area (Å²) in [6.07, 6.45) is -0.133. The van der Waals surface area contributed by atoms with Crippen molar-refractivity contribution >= 4 is 22.5 Å². The Kier molecular flexibility index (Phi) is 4.71. The highest BCUT2D eigenvalue weighted by Gasteiger charge is 2.36. The minimum absolute atomic E-state index is 0.111. The van der Waals surface area contributed by atoms with Crippen molar-refractivity contribution < 1.29 is 23.1 Å². The molecule has 7 nitrogen and oxygen atoms in total. The maximum absolute atomic E-state index is 12.9. The van der Waals surface area contributed by atoms with Crippen molar-refractivity contribution in [3.63, 3.8) is 0 Å². The second-order valence-corrected chi connectivity index (χ2v) is 7.36. The summed E-state index contributed by atoms with van der Waals surface area (Å²) in [4.78, 5) is 16.4. The van der Waals surface area contributed by atoms with Crippen molar-refractivity contribution in [2.24, 2.45) is 0 Å². The summed E-state index contributed by atoms with van der Waals surface area (Å²) >= 11 is 0. The number of phenolic OH excluding ortho intramolecular Hbond substituents is 1. The van der Waals surface area contributed by atoms with Crippen molar-refractivity contribution in [2.75, 3.05) is 11.9 Å². The van der Waals surface area contributed by atoms with E-state index >= 15 is 0 Å². The average molecular weight is 417 g/mol. The van der Waals surface area contributed by atoms with Crippen LogP contribution in [0.5, 0.6) is 5.75 Å². The molecule has 1 saturated heterocycles. The SMILES string of the molecule is C[C@@]1(Nc2nnc(-c3ccc(C(F)(F)F)cc3O)c3ccncc23)CCCNC1=O. The van der Waals surface area contributed by atoms with Gasteiger partial charge in [0.2, 0.25) is 5.91 Å². The summed E-state index contributed by atoms with van der Waals surface area (Å²) in [5.41, 5.74) is -1.52. The Balaban J connectivity index is 1.79. The predicted octanol–water partition coefficient (Wildman–Crippen LogP) is 3.50. The summed E-state index contributed by atoms with van der Waals surface area (Å²) in [7, 11) is 0. The highest BCUT2D eigenvalue weighted by atomic mass is 19.4. The summed E-state index contributed by atoms with van der Waals surface area (Å²) in [6, 6.07) is 4.32. The van der Waals surface area contributed by atoms with Gasteiger partial charge in [0.15, 0.2) is 5.82 Å². The van der Waals surface area contributed by atoms with Gasteiger partial charge < -0.3 is 15.7 Å². The number of hydrogen-bond acceptors (Lipinski definition) is 6. The van der Waals surface area contributed by atoms with Crippen LogP contribution in [-0.4, -0.2) is 38.3 Å². The van der Waals surface area contributed by atoms with Gasteiger partial charge in [-0.2, -0.15) is 13.2 Å². The van der Waals surface area contributed by atoms with E-state index in [-0.39, 0.29) is 17.2 Å². The second kappa shape index (κ2) is 7.12. The molecule has 0 bridgehead atoms. The number of piperidine rings is 1. The van der Waals surface area contributed by atoms with Crippen LogP contribution in [0.3, 0.4) is 0 Å². The van der Waals surface area contributed by atoms with Crippen LogP contribution in [0.1, 0.15) is 25.3 Å². The molecule has 0 unspecified atom stereocenters. The average Bonchev–Trinajstić information content (AvgIpc) is 2.70. The maximum atomic E-state index is 12.9. The first-order valence-corrected chi connectivity index (χ1v) is 9.26. The Bertz CT molecular complexity index is 1140. The van der Waals surface area contributed by atoms with Crippen LogP contribution < -0.4 is 10.6 Å². The number of carbonyl (C=O) groups excluding carboxylic acids is 1. The lowest BCUT2D eigenvalue weighted by molar-refractivity contribution is -0.137. The van der Waals surface area contributed by atoms with Gasteiger partial charge in [-0.25, -0.2) is 0 Å². The number of alkyl halides is 3. The van der Waals surface area contributed by atoms with E-state index in [1.54, 1.807) is 13.0 Å². The number of anilines is 1. The van der Waals surface area contributed by atoms with Gasteiger partial charge >= 0.3 is 6.18 Å². The predicted molar refractivity (Wildman–Crippen MR) is 104 cm³/mol. The van der Waals surface area contributed by atoms with Gasteiger partial charge in [-0.3, -0.25) is 9.78 Å². The monoisotopic (exact) mass is 417 g/mol. The molecular weight excluding hydrogens is 399 g/mol. The van der Waals surface area contributed by atoms with Crippen LogP contribution in [0.15, 0.2) is 36.7 Å². The Morgan fingerprint density at radius 1 is 1.20 bits per heavy atom. The Hall–Kier alpha value is -3.43. The number of carbonyl (C=O) groups is 1. The Labute approximate surface area is 169 Å². The lowest BCUT2D eigenvalue weighted by Crippen LogP contribution is -2.54. The van der Waals surface area contributed by atoms with E-state index < -0.39 is 23.0 Å². The van der Waals surface area contributed by atoms with E-state index in [9.17, 15) is 23.1 Å². The molecule has 3 heterocycles. The number of benzene rings is 1. The molecular formula is C20H18F3N5O2.